The summed E-state index contributed by atoms with van der Waals surface area (Å²) in [5, 5.41) is 0. The molecule has 2 fully saturated rings. The molecular weight excluding hydrogens is 244 g/mol. The monoisotopic (exact) mass is 272 g/mol. The lowest BCUT2D eigenvalue weighted by Gasteiger charge is -2.41. The minimum Gasteiger partial charge on any atom is -0.329 e. The smallest absolute Gasteiger partial charge is 0.0473 e. The van der Waals surface area contributed by atoms with Crippen LogP contribution in [-0.2, 0) is 0 Å². The van der Waals surface area contributed by atoms with E-state index in [1.807, 2.05) is 0 Å². The molecule has 1 saturated heterocycles. The van der Waals surface area contributed by atoms with Crippen LogP contribution in [0.4, 0.5) is 0 Å². The second-order valence-electron chi connectivity index (χ2n) is 6.91. The number of hydrogen-bond acceptors (Lipinski definition) is 2. The average molecular weight is 272 g/mol. The van der Waals surface area contributed by atoms with Gasteiger partial charge in [-0.3, -0.25) is 4.90 Å². The highest BCUT2D eigenvalue weighted by Gasteiger charge is 2.29. The van der Waals surface area contributed by atoms with Gasteiger partial charge >= 0.3 is 0 Å². The molecule has 2 nitrogen and oxygen atoms in total. The molecule has 0 amide bonds. The lowest BCUT2D eigenvalue weighted by atomic mass is 9.90. The molecule has 110 valence electrons. The molecule has 3 atom stereocenters. The molecule has 1 heterocycles. The van der Waals surface area contributed by atoms with Crippen LogP contribution in [0.2, 0.25) is 0 Å². The maximum atomic E-state index is 6.10. The molecule has 0 radical (unpaired) electrons. The Morgan fingerprint density at radius 1 is 1.15 bits per heavy atom. The van der Waals surface area contributed by atoms with Gasteiger partial charge in [-0.2, -0.15) is 0 Å². The molecule has 20 heavy (non-hydrogen) atoms. The Balaban J connectivity index is 1.74. The van der Waals surface area contributed by atoms with Gasteiger partial charge in [0.05, 0.1) is 0 Å². The van der Waals surface area contributed by atoms with Gasteiger partial charge in [0.2, 0.25) is 0 Å². The third kappa shape index (κ3) is 2.91. The van der Waals surface area contributed by atoms with Crippen LogP contribution in [0, 0.1) is 5.92 Å². The van der Waals surface area contributed by atoms with Crippen molar-refractivity contribution in [3.05, 3.63) is 35.4 Å². The van der Waals surface area contributed by atoms with Crippen molar-refractivity contribution in [1.82, 2.24) is 4.90 Å². The molecule has 3 unspecified atom stereocenters. The fourth-order valence-electron chi connectivity index (χ4n) is 3.76. The molecule has 2 heteroatoms. The molecule has 0 spiro atoms. The zero-order valence-corrected chi connectivity index (χ0v) is 12.9. The first-order valence-electron chi connectivity index (χ1n) is 8.24. The van der Waals surface area contributed by atoms with Crippen LogP contribution < -0.4 is 5.73 Å². The van der Waals surface area contributed by atoms with Crippen LogP contribution in [0.5, 0.6) is 0 Å². The van der Waals surface area contributed by atoms with Gasteiger partial charge < -0.3 is 5.73 Å². The summed E-state index contributed by atoms with van der Waals surface area (Å²) in [6.07, 6.45) is 5.36. The largest absolute Gasteiger partial charge is 0.329 e. The molecule has 1 aliphatic heterocycles. The van der Waals surface area contributed by atoms with Crippen molar-refractivity contribution in [3.63, 3.8) is 0 Å². The van der Waals surface area contributed by atoms with Crippen LogP contribution in [0.25, 0.3) is 0 Å². The Kier molecular flexibility index (Phi) is 4.13. The number of hydrogen-bond donors (Lipinski definition) is 1. The minimum atomic E-state index is 0.394. The Labute approximate surface area is 123 Å². The van der Waals surface area contributed by atoms with E-state index in [0.717, 1.165) is 18.4 Å². The zero-order chi connectivity index (χ0) is 14.1. The van der Waals surface area contributed by atoms with E-state index in [0.29, 0.717) is 12.1 Å². The average Bonchev–Trinajstić information content (AvgIpc) is 3.27. The van der Waals surface area contributed by atoms with Gasteiger partial charge in [-0.1, -0.05) is 31.2 Å². The van der Waals surface area contributed by atoms with Crippen molar-refractivity contribution in [1.29, 1.82) is 0 Å². The lowest BCUT2D eigenvalue weighted by Crippen LogP contribution is -2.44. The third-order valence-corrected chi connectivity index (χ3v) is 5.18. The van der Waals surface area contributed by atoms with Gasteiger partial charge in [-0.05, 0) is 62.1 Å². The van der Waals surface area contributed by atoms with Gasteiger partial charge in [0.15, 0.2) is 0 Å². The van der Waals surface area contributed by atoms with Crippen molar-refractivity contribution in [3.8, 4) is 0 Å². The highest BCUT2D eigenvalue weighted by atomic mass is 15.2. The van der Waals surface area contributed by atoms with E-state index in [1.165, 1.54) is 43.4 Å². The highest BCUT2D eigenvalue weighted by Crippen LogP contribution is 2.40. The molecule has 0 aromatic heterocycles. The second-order valence-corrected chi connectivity index (χ2v) is 6.91. The molecule has 1 saturated carbocycles. The standard InChI is InChI=1S/C18H28N2/c1-13-9-10-20(14(2)11-13)18(12-19)17-7-5-16(6-8-17)15-3-4-15/h5-8,13-15,18H,3-4,9-12,19H2,1-2H3. The van der Waals surface area contributed by atoms with Crippen LogP contribution >= 0.6 is 0 Å². The topological polar surface area (TPSA) is 29.3 Å². The molecule has 2 N–H and O–H groups in total. The van der Waals surface area contributed by atoms with E-state index in [1.54, 1.807) is 0 Å². The van der Waals surface area contributed by atoms with Crippen LogP contribution in [0.1, 0.15) is 62.6 Å². The first kappa shape index (κ1) is 14.1. The summed E-state index contributed by atoms with van der Waals surface area (Å²) in [6.45, 7) is 6.64. The van der Waals surface area contributed by atoms with Gasteiger partial charge in [-0.15, -0.1) is 0 Å². The summed E-state index contributed by atoms with van der Waals surface area (Å²) in [5.41, 5.74) is 9.02. The van der Waals surface area contributed by atoms with Crippen molar-refractivity contribution >= 4 is 0 Å². The van der Waals surface area contributed by atoms with E-state index in [2.05, 4.69) is 43.0 Å². The summed E-state index contributed by atoms with van der Waals surface area (Å²) in [7, 11) is 0. The van der Waals surface area contributed by atoms with Crippen molar-refractivity contribution in [2.24, 2.45) is 11.7 Å². The number of likely N-dealkylation sites (tertiary alicyclic amines) is 1. The summed E-state index contributed by atoms with van der Waals surface area (Å²) in [5.74, 6) is 1.70. The molecule has 3 rings (SSSR count). The summed E-state index contributed by atoms with van der Waals surface area (Å²) < 4.78 is 0. The van der Waals surface area contributed by atoms with Crippen LogP contribution in [0.3, 0.4) is 0 Å². The number of nitrogens with two attached hydrogens (primary N) is 1. The molecule has 1 aromatic rings. The summed E-state index contributed by atoms with van der Waals surface area (Å²) in [4.78, 5) is 2.62. The maximum absolute atomic E-state index is 6.10. The number of benzene rings is 1. The maximum Gasteiger partial charge on any atom is 0.0473 e. The third-order valence-electron chi connectivity index (χ3n) is 5.18. The van der Waals surface area contributed by atoms with E-state index in [-0.39, 0.29) is 0 Å². The quantitative estimate of drug-likeness (QED) is 0.906. The van der Waals surface area contributed by atoms with E-state index < -0.39 is 0 Å². The van der Waals surface area contributed by atoms with Gasteiger partial charge in [-0.25, -0.2) is 0 Å². The SMILES string of the molecule is CC1CCN(C(CN)c2ccc(C3CC3)cc2)C(C)C1. The Morgan fingerprint density at radius 2 is 1.85 bits per heavy atom. The zero-order valence-electron chi connectivity index (χ0n) is 12.9. The van der Waals surface area contributed by atoms with Gasteiger partial charge in [0.1, 0.15) is 0 Å². The molecule has 2 aliphatic rings. The first-order valence-corrected chi connectivity index (χ1v) is 8.24. The van der Waals surface area contributed by atoms with Gasteiger partial charge in [0, 0.05) is 18.6 Å². The van der Waals surface area contributed by atoms with Crippen LogP contribution in [0.15, 0.2) is 24.3 Å². The first-order chi connectivity index (χ1) is 9.69. The van der Waals surface area contributed by atoms with Crippen molar-refractivity contribution < 1.29 is 0 Å². The predicted molar refractivity (Wildman–Crippen MR) is 84.8 cm³/mol. The number of piperidine rings is 1. The lowest BCUT2D eigenvalue weighted by molar-refractivity contribution is 0.0847. The predicted octanol–water partition coefficient (Wildman–Crippen LogP) is 3.68. The van der Waals surface area contributed by atoms with E-state index in [4.69, 9.17) is 5.73 Å². The fourth-order valence-corrected chi connectivity index (χ4v) is 3.76. The van der Waals surface area contributed by atoms with Crippen molar-refractivity contribution in [2.45, 2.75) is 57.5 Å². The Bertz CT molecular complexity index is 435. The number of nitrogens with zero attached hydrogens (tertiary/aromatic N) is 1. The van der Waals surface area contributed by atoms with Crippen LogP contribution in [-0.4, -0.2) is 24.0 Å². The number of rotatable bonds is 4. The van der Waals surface area contributed by atoms with Crippen molar-refractivity contribution in [2.75, 3.05) is 13.1 Å². The highest BCUT2D eigenvalue weighted by molar-refractivity contribution is 5.30. The minimum absolute atomic E-state index is 0.394. The normalized spacial score (nSPS) is 29.4. The molecular formula is C18H28N2. The molecule has 0 bridgehead atoms. The van der Waals surface area contributed by atoms with Gasteiger partial charge in [0.25, 0.3) is 0 Å². The fraction of sp³-hybridized carbons (Fsp3) is 0.667. The Morgan fingerprint density at radius 3 is 2.40 bits per heavy atom. The van der Waals surface area contributed by atoms with E-state index >= 15 is 0 Å². The summed E-state index contributed by atoms with van der Waals surface area (Å²) in [6, 6.07) is 10.3. The second kappa shape index (κ2) is 5.87. The Hall–Kier alpha value is -0.860. The summed E-state index contributed by atoms with van der Waals surface area (Å²) >= 11 is 0. The molecule has 1 aromatic carbocycles. The van der Waals surface area contributed by atoms with E-state index in [9.17, 15) is 0 Å². The molecule has 1 aliphatic carbocycles.